The molecule has 2 aromatic rings. The fraction of sp³-hybridized carbons (Fsp3) is 0.211. The number of hydrogen-bond acceptors (Lipinski definition) is 2. The van der Waals surface area contributed by atoms with Crippen LogP contribution < -0.4 is 0 Å². The van der Waals surface area contributed by atoms with Gasteiger partial charge < -0.3 is 4.74 Å². The van der Waals surface area contributed by atoms with Gasteiger partial charge in [0.15, 0.2) is 0 Å². The van der Waals surface area contributed by atoms with E-state index in [0.29, 0.717) is 11.3 Å². The first-order valence-electron chi connectivity index (χ1n) is 7.40. The van der Waals surface area contributed by atoms with E-state index in [9.17, 15) is 4.79 Å². The normalized spacial score (nSPS) is 15.1. The molecule has 1 heterocycles. The second-order valence-corrected chi connectivity index (χ2v) is 5.29. The van der Waals surface area contributed by atoms with Gasteiger partial charge in [-0.3, -0.25) is 0 Å². The summed E-state index contributed by atoms with van der Waals surface area (Å²) in [5.74, 6) is 0.369. The van der Waals surface area contributed by atoms with E-state index >= 15 is 0 Å². The lowest BCUT2D eigenvalue weighted by atomic mass is 10.0. The molecular weight excluding hydrogens is 260 g/mol. The van der Waals surface area contributed by atoms with Crippen LogP contribution in [0.3, 0.4) is 0 Å². The van der Waals surface area contributed by atoms with Crippen molar-refractivity contribution >= 4 is 17.8 Å². The molecule has 0 aromatic heterocycles. The number of esters is 1. The van der Waals surface area contributed by atoms with Crippen LogP contribution in [-0.2, 0) is 11.2 Å². The molecule has 0 unspecified atom stereocenters. The third-order valence-corrected chi connectivity index (χ3v) is 3.71. The minimum atomic E-state index is -0.267. The predicted octanol–water partition coefficient (Wildman–Crippen LogP) is 4.70. The maximum atomic E-state index is 11.8. The number of fused-ring (bicyclic) bond motifs is 1. The molecule has 0 saturated carbocycles. The smallest absolute Gasteiger partial charge is 0.344 e. The molecule has 0 radical (unpaired) electrons. The number of hydrogen-bond donors (Lipinski definition) is 0. The third kappa shape index (κ3) is 2.89. The number of unbranched alkanes of at least 4 members (excludes halogenated alkanes) is 1. The lowest BCUT2D eigenvalue weighted by molar-refractivity contribution is 0.0717. The minimum absolute atomic E-state index is 0.267. The molecule has 0 atom stereocenters. The number of carbonyl (C=O) groups excluding carboxylic acids is 1. The quantitative estimate of drug-likeness (QED) is 0.758. The Morgan fingerprint density at radius 3 is 2.43 bits per heavy atom. The van der Waals surface area contributed by atoms with E-state index in [2.05, 4.69) is 31.2 Å². The Bertz CT molecular complexity index is 681. The Kier molecular flexibility index (Phi) is 3.87. The number of benzene rings is 2. The predicted molar refractivity (Wildman–Crippen MR) is 84.8 cm³/mol. The lowest BCUT2D eigenvalue weighted by Gasteiger charge is -2.02. The van der Waals surface area contributed by atoms with Gasteiger partial charge in [-0.25, -0.2) is 4.79 Å². The second kappa shape index (κ2) is 5.96. The average molecular weight is 278 g/mol. The topological polar surface area (TPSA) is 26.3 Å². The van der Waals surface area contributed by atoms with Crippen LogP contribution in [0.4, 0.5) is 0 Å². The van der Waals surface area contributed by atoms with E-state index in [1.807, 2.05) is 24.3 Å². The van der Waals surface area contributed by atoms with Gasteiger partial charge in [-0.05, 0) is 36.1 Å². The molecule has 0 aliphatic carbocycles. The number of aryl methyl sites for hydroxylation is 1. The van der Waals surface area contributed by atoms with Crippen molar-refractivity contribution in [3.8, 4) is 0 Å². The Morgan fingerprint density at radius 2 is 1.71 bits per heavy atom. The highest BCUT2D eigenvalue weighted by atomic mass is 16.5. The highest BCUT2D eigenvalue weighted by Crippen LogP contribution is 2.30. The number of ether oxygens (including phenoxy) is 1. The molecule has 2 aromatic carbocycles. The zero-order valence-electron chi connectivity index (χ0n) is 12.1. The molecule has 1 aliphatic rings. The highest BCUT2D eigenvalue weighted by Gasteiger charge is 2.25. The molecule has 0 N–H and O–H groups in total. The first-order chi connectivity index (χ1) is 10.3. The maximum Gasteiger partial charge on any atom is 0.344 e. The van der Waals surface area contributed by atoms with Gasteiger partial charge in [0.2, 0.25) is 0 Å². The van der Waals surface area contributed by atoms with Gasteiger partial charge in [-0.15, -0.1) is 0 Å². The first kappa shape index (κ1) is 13.6. The van der Waals surface area contributed by atoms with Gasteiger partial charge in [0.05, 0.1) is 5.56 Å². The molecule has 0 fully saturated rings. The summed E-state index contributed by atoms with van der Waals surface area (Å²) in [6.45, 7) is 2.20. The molecule has 0 spiro atoms. The maximum absolute atomic E-state index is 11.8. The zero-order chi connectivity index (χ0) is 14.7. The molecule has 3 rings (SSSR count). The van der Waals surface area contributed by atoms with Crippen molar-refractivity contribution < 1.29 is 9.53 Å². The fourth-order valence-corrected chi connectivity index (χ4v) is 2.51. The van der Waals surface area contributed by atoms with Crippen LogP contribution in [0, 0.1) is 0 Å². The Labute approximate surface area is 125 Å². The van der Waals surface area contributed by atoms with Crippen LogP contribution >= 0.6 is 0 Å². The number of carbonyl (C=O) groups is 1. The summed E-state index contributed by atoms with van der Waals surface area (Å²) in [5.41, 5.74) is 3.92. The van der Waals surface area contributed by atoms with E-state index < -0.39 is 0 Å². The summed E-state index contributed by atoms with van der Waals surface area (Å²) < 4.78 is 5.35. The van der Waals surface area contributed by atoms with Crippen molar-refractivity contribution in [1.82, 2.24) is 0 Å². The van der Waals surface area contributed by atoms with Crippen molar-refractivity contribution in [3.63, 3.8) is 0 Å². The fourth-order valence-electron chi connectivity index (χ4n) is 2.51. The molecule has 0 amide bonds. The van der Waals surface area contributed by atoms with Crippen LogP contribution in [0.1, 0.15) is 46.8 Å². The lowest BCUT2D eigenvalue weighted by Crippen LogP contribution is -1.92. The SMILES string of the molecule is CCCCc1ccc(/C=C2\OC(=O)c3ccccc32)cc1. The standard InChI is InChI=1S/C19H18O2/c1-2-3-6-14-9-11-15(12-10-14)13-18-16-7-4-5-8-17(16)19(20)21-18/h4-5,7-13H,2-3,6H2,1H3/b18-13-. The number of cyclic esters (lactones) is 1. The van der Waals surface area contributed by atoms with E-state index in [0.717, 1.165) is 17.5 Å². The van der Waals surface area contributed by atoms with Crippen LogP contribution in [0.15, 0.2) is 48.5 Å². The summed E-state index contributed by atoms with van der Waals surface area (Å²) in [4.78, 5) is 11.8. The summed E-state index contributed by atoms with van der Waals surface area (Å²) in [6, 6.07) is 15.9. The van der Waals surface area contributed by atoms with Crippen molar-refractivity contribution in [2.75, 3.05) is 0 Å². The van der Waals surface area contributed by atoms with Gasteiger partial charge in [0.25, 0.3) is 0 Å². The molecule has 0 saturated heterocycles. The largest absolute Gasteiger partial charge is 0.422 e. The zero-order valence-corrected chi connectivity index (χ0v) is 12.1. The van der Waals surface area contributed by atoms with Crippen molar-refractivity contribution in [2.24, 2.45) is 0 Å². The van der Waals surface area contributed by atoms with Crippen molar-refractivity contribution in [1.29, 1.82) is 0 Å². The molecule has 1 aliphatic heterocycles. The molecule has 2 nitrogen and oxygen atoms in total. The summed E-state index contributed by atoms with van der Waals surface area (Å²) in [7, 11) is 0. The van der Waals surface area contributed by atoms with Crippen LogP contribution in [0.5, 0.6) is 0 Å². The van der Waals surface area contributed by atoms with Gasteiger partial charge in [0.1, 0.15) is 5.76 Å². The molecule has 0 bridgehead atoms. The highest BCUT2D eigenvalue weighted by molar-refractivity contribution is 6.05. The minimum Gasteiger partial charge on any atom is -0.422 e. The van der Waals surface area contributed by atoms with E-state index in [-0.39, 0.29) is 5.97 Å². The van der Waals surface area contributed by atoms with E-state index in [1.165, 1.54) is 18.4 Å². The molecule has 21 heavy (non-hydrogen) atoms. The van der Waals surface area contributed by atoms with Gasteiger partial charge in [-0.1, -0.05) is 55.8 Å². The van der Waals surface area contributed by atoms with E-state index in [1.54, 1.807) is 6.07 Å². The average Bonchev–Trinajstić information content (AvgIpc) is 2.83. The number of rotatable bonds is 4. The molecule has 106 valence electrons. The molecular formula is C19H18O2. The Balaban J connectivity index is 1.84. The van der Waals surface area contributed by atoms with Crippen LogP contribution in [0.2, 0.25) is 0 Å². The summed E-state index contributed by atoms with van der Waals surface area (Å²) in [5, 5.41) is 0. The van der Waals surface area contributed by atoms with Crippen LogP contribution in [-0.4, -0.2) is 5.97 Å². The Hall–Kier alpha value is -2.35. The van der Waals surface area contributed by atoms with Gasteiger partial charge >= 0.3 is 5.97 Å². The Morgan fingerprint density at radius 1 is 1.00 bits per heavy atom. The first-order valence-corrected chi connectivity index (χ1v) is 7.40. The second-order valence-electron chi connectivity index (χ2n) is 5.29. The van der Waals surface area contributed by atoms with Gasteiger partial charge in [-0.2, -0.15) is 0 Å². The van der Waals surface area contributed by atoms with Crippen LogP contribution in [0.25, 0.3) is 11.8 Å². The third-order valence-electron chi connectivity index (χ3n) is 3.71. The van der Waals surface area contributed by atoms with Crippen molar-refractivity contribution in [3.05, 3.63) is 70.8 Å². The van der Waals surface area contributed by atoms with Crippen molar-refractivity contribution in [2.45, 2.75) is 26.2 Å². The van der Waals surface area contributed by atoms with E-state index in [4.69, 9.17) is 4.74 Å². The summed E-state index contributed by atoms with van der Waals surface area (Å²) in [6.07, 6.45) is 5.46. The monoisotopic (exact) mass is 278 g/mol. The van der Waals surface area contributed by atoms with Gasteiger partial charge in [0, 0.05) is 5.56 Å². The summed E-state index contributed by atoms with van der Waals surface area (Å²) >= 11 is 0. The molecule has 2 heteroatoms.